The molecule has 0 saturated carbocycles. The summed E-state index contributed by atoms with van der Waals surface area (Å²) in [6.07, 6.45) is 0. The molecule has 2 N–H and O–H groups in total. The lowest BCUT2D eigenvalue weighted by Gasteiger charge is -2.36. The fourth-order valence-electron chi connectivity index (χ4n) is 2.42. The van der Waals surface area contributed by atoms with E-state index in [-0.39, 0.29) is 11.9 Å². The first-order chi connectivity index (χ1) is 9.11. The van der Waals surface area contributed by atoms with E-state index in [0.717, 1.165) is 37.5 Å². The Kier molecular flexibility index (Phi) is 4.39. The molecule has 1 heterocycles. The van der Waals surface area contributed by atoms with Crippen LogP contribution in [0, 0.1) is 0 Å². The van der Waals surface area contributed by atoms with Gasteiger partial charge in [0.25, 0.3) is 0 Å². The number of nitrogens with two attached hydrogens (primary N) is 1. The molecule has 0 bridgehead atoms. The van der Waals surface area contributed by atoms with Gasteiger partial charge in [0, 0.05) is 26.2 Å². The number of likely N-dealkylation sites (N-methyl/N-ethyl adjacent to an activating group) is 1. The lowest BCUT2D eigenvalue weighted by Crippen LogP contribution is -2.49. The Bertz CT molecular complexity index is 425. The van der Waals surface area contributed by atoms with Crippen molar-refractivity contribution in [2.45, 2.75) is 6.04 Å². The minimum absolute atomic E-state index is 0.297. The third-order valence-corrected chi connectivity index (χ3v) is 3.60. The first-order valence-electron chi connectivity index (χ1n) is 6.47. The number of benzene rings is 1. The van der Waals surface area contributed by atoms with Gasteiger partial charge in [0.1, 0.15) is 11.8 Å². The number of hydrogen-bond donors (Lipinski definition) is 1. The highest BCUT2D eigenvalue weighted by Crippen LogP contribution is 2.23. The highest BCUT2D eigenvalue weighted by molar-refractivity contribution is 5.81. The molecule has 1 aliphatic heterocycles. The van der Waals surface area contributed by atoms with E-state index in [0.29, 0.717) is 0 Å². The van der Waals surface area contributed by atoms with Gasteiger partial charge in [-0.1, -0.05) is 12.1 Å². The molecule has 1 saturated heterocycles. The molecule has 0 aliphatic carbocycles. The van der Waals surface area contributed by atoms with Crippen molar-refractivity contribution in [3.05, 3.63) is 29.8 Å². The summed E-state index contributed by atoms with van der Waals surface area (Å²) < 4.78 is 5.13. The molecular weight excluding hydrogens is 242 g/mol. The van der Waals surface area contributed by atoms with Crippen molar-refractivity contribution in [1.82, 2.24) is 9.80 Å². The van der Waals surface area contributed by atoms with Crippen molar-refractivity contribution in [2.75, 3.05) is 40.3 Å². The number of carbonyl (C=O) groups is 1. The van der Waals surface area contributed by atoms with Gasteiger partial charge in [0.15, 0.2) is 0 Å². The summed E-state index contributed by atoms with van der Waals surface area (Å²) in [6.45, 7) is 3.63. The first kappa shape index (κ1) is 13.8. The third-order valence-electron chi connectivity index (χ3n) is 3.60. The lowest BCUT2D eigenvalue weighted by molar-refractivity contribution is -0.124. The number of ether oxygens (including phenoxy) is 1. The summed E-state index contributed by atoms with van der Waals surface area (Å²) in [4.78, 5) is 16.2. The van der Waals surface area contributed by atoms with Gasteiger partial charge in [-0.25, -0.2) is 0 Å². The summed E-state index contributed by atoms with van der Waals surface area (Å²) in [7, 11) is 3.71. The van der Waals surface area contributed by atoms with Gasteiger partial charge in [-0.15, -0.1) is 0 Å². The summed E-state index contributed by atoms with van der Waals surface area (Å²) in [5.41, 5.74) is 6.51. The molecular formula is C14H21N3O2. The first-order valence-corrected chi connectivity index (χ1v) is 6.47. The quantitative estimate of drug-likeness (QED) is 0.858. The largest absolute Gasteiger partial charge is 0.497 e. The minimum atomic E-state index is -0.348. The Balaban J connectivity index is 2.17. The number of piperazine rings is 1. The predicted octanol–water partition coefficient (Wildman–Crippen LogP) is 0.469. The van der Waals surface area contributed by atoms with Crippen molar-refractivity contribution in [2.24, 2.45) is 5.73 Å². The van der Waals surface area contributed by atoms with Crippen LogP contribution in [0.3, 0.4) is 0 Å². The highest BCUT2D eigenvalue weighted by Gasteiger charge is 2.27. The molecule has 1 aromatic rings. The number of hydrogen-bond acceptors (Lipinski definition) is 4. The average Bonchev–Trinajstić information content (AvgIpc) is 2.42. The molecule has 2 rings (SSSR count). The zero-order valence-electron chi connectivity index (χ0n) is 11.5. The maximum atomic E-state index is 11.8. The van der Waals surface area contributed by atoms with Crippen molar-refractivity contribution in [3.8, 4) is 5.75 Å². The number of carbonyl (C=O) groups excluding carboxylic acids is 1. The molecule has 5 nitrogen and oxygen atoms in total. The van der Waals surface area contributed by atoms with Crippen LogP contribution in [-0.2, 0) is 4.79 Å². The summed E-state index contributed by atoms with van der Waals surface area (Å²) >= 11 is 0. The van der Waals surface area contributed by atoms with Gasteiger partial charge in [-0.2, -0.15) is 0 Å². The Morgan fingerprint density at radius 1 is 1.21 bits per heavy atom. The van der Waals surface area contributed by atoms with E-state index in [9.17, 15) is 4.79 Å². The van der Waals surface area contributed by atoms with Crippen LogP contribution in [-0.4, -0.2) is 56.0 Å². The van der Waals surface area contributed by atoms with Crippen LogP contribution in [0.15, 0.2) is 24.3 Å². The molecule has 0 aromatic heterocycles. The molecule has 1 aromatic carbocycles. The van der Waals surface area contributed by atoms with Gasteiger partial charge >= 0.3 is 0 Å². The van der Waals surface area contributed by atoms with E-state index in [1.165, 1.54) is 0 Å². The number of amides is 1. The Morgan fingerprint density at radius 2 is 1.79 bits per heavy atom. The van der Waals surface area contributed by atoms with E-state index in [1.54, 1.807) is 7.11 Å². The second-order valence-electron chi connectivity index (χ2n) is 4.92. The second kappa shape index (κ2) is 6.04. The summed E-state index contributed by atoms with van der Waals surface area (Å²) in [6, 6.07) is 7.20. The van der Waals surface area contributed by atoms with Crippen LogP contribution >= 0.6 is 0 Å². The number of methoxy groups -OCH3 is 1. The van der Waals surface area contributed by atoms with Gasteiger partial charge in [0.05, 0.1) is 7.11 Å². The van der Waals surface area contributed by atoms with Gasteiger partial charge in [-0.3, -0.25) is 9.69 Å². The van der Waals surface area contributed by atoms with Gasteiger partial charge < -0.3 is 15.4 Å². The molecule has 5 heteroatoms. The average molecular weight is 263 g/mol. The molecule has 1 fully saturated rings. The van der Waals surface area contributed by atoms with E-state index < -0.39 is 0 Å². The van der Waals surface area contributed by atoms with Crippen molar-refractivity contribution < 1.29 is 9.53 Å². The SMILES string of the molecule is COc1ccc(C(C(N)=O)N2CCN(C)CC2)cc1. The van der Waals surface area contributed by atoms with Crippen molar-refractivity contribution in [3.63, 3.8) is 0 Å². The molecule has 0 spiro atoms. The Morgan fingerprint density at radius 3 is 2.26 bits per heavy atom. The smallest absolute Gasteiger partial charge is 0.239 e. The molecule has 104 valence electrons. The minimum Gasteiger partial charge on any atom is -0.497 e. The Hall–Kier alpha value is -1.59. The van der Waals surface area contributed by atoms with Crippen LogP contribution < -0.4 is 10.5 Å². The molecule has 1 amide bonds. The zero-order chi connectivity index (χ0) is 13.8. The zero-order valence-corrected chi connectivity index (χ0v) is 11.5. The fraction of sp³-hybridized carbons (Fsp3) is 0.500. The van der Waals surface area contributed by atoms with Crippen molar-refractivity contribution >= 4 is 5.91 Å². The monoisotopic (exact) mass is 263 g/mol. The van der Waals surface area contributed by atoms with Crippen LogP contribution in [0.5, 0.6) is 5.75 Å². The molecule has 1 aliphatic rings. The maximum Gasteiger partial charge on any atom is 0.239 e. The molecule has 1 unspecified atom stereocenters. The van der Waals surface area contributed by atoms with Gasteiger partial charge in [0.2, 0.25) is 5.91 Å². The topological polar surface area (TPSA) is 58.8 Å². The molecule has 19 heavy (non-hydrogen) atoms. The van der Waals surface area contributed by atoms with Crippen LogP contribution in [0.2, 0.25) is 0 Å². The fourth-order valence-corrected chi connectivity index (χ4v) is 2.42. The van der Waals surface area contributed by atoms with E-state index in [4.69, 9.17) is 10.5 Å². The van der Waals surface area contributed by atoms with Crippen LogP contribution in [0.1, 0.15) is 11.6 Å². The predicted molar refractivity (Wildman–Crippen MR) is 74.0 cm³/mol. The molecule has 0 radical (unpaired) electrons. The lowest BCUT2D eigenvalue weighted by atomic mass is 10.0. The van der Waals surface area contributed by atoms with E-state index in [1.807, 2.05) is 24.3 Å². The molecule has 1 atom stereocenters. The van der Waals surface area contributed by atoms with E-state index >= 15 is 0 Å². The van der Waals surface area contributed by atoms with E-state index in [2.05, 4.69) is 16.8 Å². The normalized spacial score (nSPS) is 19.1. The van der Waals surface area contributed by atoms with Crippen LogP contribution in [0.4, 0.5) is 0 Å². The van der Waals surface area contributed by atoms with Crippen molar-refractivity contribution in [1.29, 1.82) is 0 Å². The van der Waals surface area contributed by atoms with Gasteiger partial charge in [-0.05, 0) is 24.7 Å². The maximum absolute atomic E-state index is 11.8. The third kappa shape index (κ3) is 3.24. The van der Waals surface area contributed by atoms with Crippen LogP contribution in [0.25, 0.3) is 0 Å². The summed E-state index contributed by atoms with van der Waals surface area (Å²) in [5, 5.41) is 0. The number of nitrogens with zero attached hydrogens (tertiary/aromatic N) is 2. The second-order valence-corrected chi connectivity index (χ2v) is 4.92. The summed E-state index contributed by atoms with van der Waals surface area (Å²) in [5.74, 6) is 0.486. The standard InChI is InChI=1S/C14H21N3O2/c1-16-7-9-17(10-8-16)13(14(15)18)11-3-5-12(19-2)6-4-11/h3-6,13H,7-10H2,1-2H3,(H2,15,18). The number of primary amides is 1. The highest BCUT2D eigenvalue weighted by atomic mass is 16.5. The number of rotatable bonds is 4. The Labute approximate surface area is 113 Å².